The third-order valence-corrected chi connectivity index (χ3v) is 4.77. The highest BCUT2D eigenvalue weighted by molar-refractivity contribution is 6.06. The molecule has 8 bridgehead atoms. The lowest BCUT2D eigenvalue weighted by molar-refractivity contribution is -0.104. The van der Waals surface area contributed by atoms with Crippen LogP contribution in [0.3, 0.4) is 0 Å². The minimum atomic E-state index is 0.296. The van der Waals surface area contributed by atoms with Crippen molar-refractivity contribution in [3.63, 3.8) is 0 Å². The van der Waals surface area contributed by atoms with Crippen LogP contribution in [0.2, 0.25) is 0 Å². The molecule has 0 atom stereocenters. The van der Waals surface area contributed by atoms with Crippen molar-refractivity contribution in [2.75, 3.05) is 0 Å². The molecule has 6 nitrogen and oxygen atoms in total. The van der Waals surface area contributed by atoms with Crippen LogP contribution in [-0.4, -0.2) is 32.5 Å². The van der Waals surface area contributed by atoms with Gasteiger partial charge in [0.05, 0.1) is 34.6 Å². The standard InChI is InChI=1S/C22H16N4O2/c27-11-17-19-5-3-15(24-19)9-13-1-2-14(23-13)10-16-4-6-20(25-16)18(12-28)22-8-7-21(17)26-22/h1-12,23-26H/i9D. The van der Waals surface area contributed by atoms with E-state index in [4.69, 9.17) is 1.37 Å². The van der Waals surface area contributed by atoms with Crippen molar-refractivity contribution in [3.05, 3.63) is 92.7 Å². The zero-order valence-corrected chi connectivity index (χ0v) is 14.7. The monoisotopic (exact) mass is 369 g/mol. The van der Waals surface area contributed by atoms with E-state index in [2.05, 4.69) is 19.9 Å². The van der Waals surface area contributed by atoms with Crippen molar-refractivity contribution in [2.45, 2.75) is 0 Å². The number of hydrogen-bond donors (Lipinski definition) is 4. The first kappa shape index (κ1) is 15.0. The topological polar surface area (TPSA) is 97.3 Å². The van der Waals surface area contributed by atoms with Crippen molar-refractivity contribution < 1.29 is 11.0 Å². The number of H-pyrrole nitrogens is 4. The molecule has 5 heterocycles. The molecular formula is C22H16N4O2. The SMILES string of the molecule is [2H]C1=c2ccc([nH]2)=Cc2ccc([nH]2)C(C=O)=c2ccc([nH]2)=C(C=O)c2ccc1[nH]2. The molecule has 1 aliphatic rings. The largest absolute Gasteiger partial charge is 0.355 e. The maximum Gasteiger partial charge on any atom is 0.154 e. The lowest BCUT2D eigenvalue weighted by atomic mass is 10.2. The smallest absolute Gasteiger partial charge is 0.154 e. The van der Waals surface area contributed by atoms with Crippen LogP contribution in [0.15, 0.2) is 48.5 Å². The summed E-state index contributed by atoms with van der Waals surface area (Å²) in [6.45, 7) is 0. The van der Waals surface area contributed by atoms with E-state index in [1.165, 1.54) is 0 Å². The number of aldehydes is 2. The number of hydrogen-bond acceptors (Lipinski definition) is 2. The Bertz CT molecular complexity index is 1510. The number of fused-ring (bicyclic) bond motifs is 8. The Morgan fingerprint density at radius 1 is 0.643 bits per heavy atom. The summed E-state index contributed by atoms with van der Waals surface area (Å²) in [7, 11) is 0. The fourth-order valence-corrected chi connectivity index (χ4v) is 3.41. The molecular weight excluding hydrogens is 352 g/mol. The van der Waals surface area contributed by atoms with Crippen molar-refractivity contribution in [1.82, 2.24) is 19.9 Å². The van der Waals surface area contributed by atoms with Crippen LogP contribution in [0.1, 0.15) is 24.1 Å². The molecule has 6 heteroatoms. The number of aromatic amines is 4. The van der Waals surface area contributed by atoms with Gasteiger partial charge in [-0.15, -0.1) is 0 Å². The lowest BCUT2D eigenvalue weighted by Crippen LogP contribution is -2.17. The van der Waals surface area contributed by atoms with Gasteiger partial charge in [-0.3, -0.25) is 9.59 Å². The van der Waals surface area contributed by atoms with Gasteiger partial charge in [-0.25, -0.2) is 0 Å². The molecule has 0 radical (unpaired) electrons. The minimum Gasteiger partial charge on any atom is -0.355 e. The fraction of sp³-hybridized carbons (Fsp3) is 0. The second-order valence-corrected chi connectivity index (χ2v) is 6.56. The molecule has 0 fully saturated rings. The summed E-state index contributed by atoms with van der Waals surface area (Å²) >= 11 is 0. The van der Waals surface area contributed by atoms with Crippen molar-refractivity contribution in [2.24, 2.45) is 0 Å². The summed E-state index contributed by atoms with van der Waals surface area (Å²) in [5.41, 5.74) is 3.55. The van der Waals surface area contributed by atoms with Crippen molar-refractivity contribution in [3.8, 4) is 0 Å². The van der Waals surface area contributed by atoms with Crippen LogP contribution in [0.25, 0.3) is 23.3 Å². The molecule has 0 aliphatic carbocycles. The molecule has 0 amide bonds. The van der Waals surface area contributed by atoms with Gasteiger partial charge in [-0.1, -0.05) is 0 Å². The van der Waals surface area contributed by atoms with E-state index in [9.17, 15) is 9.59 Å². The van der Waals surface area contributed by atoms with E-state index in [-0.39, 0.29) is 0 Å². The molecule has 0 unspecified atom stereocenters. The molecule has 0 aromatic carbocycles. The van der Waals surface area contributed by atoms with Crippen LogP contribution < -0.4 is 21.4 Å². The Kier molecular flexibility index (Phi) is 3.37. The van der Waals surface area contributed by atoms with Crippen LogP contribution in [0.5, 0.6) is 0 Å². The summed E-state index contributed by atoms with van der Waals surface area (Å²) in [5.74, 6) is 0. The Morgan fingerprint density at radius 2 is 1.25 bits per heavy atom. The summed E-state index contributed by atoms with van der Waals surface area (Å²) in [6.07, 6.45) is 3.45. The Morgan fingerprint density at radius 3 is 1.93 bits per heavy atom. The van der Waals surface area contributed by atoms with Gasteiger partial charge in [0.1, 0.15) is 0 Å². The van der Waals surface area contributed by atoms with Gasteiger partial charge in [0.2, 0.25) is 0 Å². The zero-order chi connectivity index (χ0) is 20.0. The number of carbonyl (C=O) groups is 2. The van der Waals surface area contributed by atoms with Crippen LogP contribution in [0, 0.1) is 0 Å². The molecule has 4 N–H and O–H groups in total. The Labute approximate surface area is 160 Å². The highest BCUT2D eigenvalue weighted by atomic mass is 16.1. The van der Waals surface area contributed by atoms with Gasteiger partial charge < -0.3 is 19.9 Å². The molecule has 5 rings (SSSR count). The fourth-order valence-electron chi connectivity index (χ4n) is 3.41. The summed E-state index contributed by atoms with van der Waals surface area (Å²) in [4.78, 5) is 36.4. The first-order valence-electron chi connectivity index (χ1n) is 9.27. The van der Waals surface area contributed by atoms with Gasteiger partial charge in [-0.05, 0) is 60.7 Å². The van der Waals surface area contributed by atoms with Crippen molar-refractivity contribution >= 4 is 35.8 Å². The van der Waals surface area contributed by atoms with Crippen molar-refractivity contribution in [1.29, 1.82) is 0 Å². The van der Waals surface area contributed by atoms with E-state index in [1.807, 2.05) is 30.3 Å². The van der Waals surface area contributed by atoms with Crippen LogP contribution in [0.4, 0.5) is 0 Å². The third kappa shape index (κ3) is 2.68. The molecule has 28 heavy (non-hydrogen) atoms. The molecule has 0 saturated heterocycles. The van der Waals surface area contributed by atoms with E-state index >= 15 is 0 Å². The number of aromatic nitrogens is 4. The Hall–Kier alpha value is -4.06. The second kappa shape index (κ2) is 6.28. The molecule has 1 aliphatic heterocycles. The summed E-state index contributed by atoms with van der Waals surface area (Å²) in [5, 5.41) is 2.67. The van der Waals surface area contributed by atoms with Gasteiger partial charge in [0.15, 0.2) is 12.6 Å². The van der Waals surface area contributed by atoms with Gasteiger partial charge >= 0.3 is 0 Å². The van der Waals surface area contributed by atoms with Gasteiger partial charge in [-0.2, -0.15) is 0 Å². The lowest BCUT2D eigenvalue weighted by Gasteiger charge is -1.96. The van der Waals surface area contributed by atoms with Gasteiger partial charge in [0, 0.05) is 22.1 Å². The number of carbonyl (C=O) groups excluding carboxylic acids is 2. The molecule has 0 saturated carbocycles. The van der Waals surface area contributed by atoms with E-state index in [0.717, 1.165) is 23.6 Å². The third-order valence-electron chi connectivity index (χ3n) is 4.77. The molecule has 4 aromatic rings. The Balaban J connectivity index is 1.91. The predicted molar refractivity (Wildman–Crippen MR) is 106 cm³/mol. The maximum atomic E-state index is 11.8. The quantitative estimate of drug-likeness (QED) is 0.367. The summed E-state index contributed by atoms with van der Waals surface area (Å²) < 4.78 is 8.48. The van der Waals surface area contributed by atoms with Crippen LogP contribution in [-0.2, 0) is 9.59 Å². The normalized spacial score (nSPS) is 13.9. The predicted octanol–water partition coefficient (Wildman–Crippen LogP) is -0.234. The number of nitrogens with one attached hydrogen (secondary N) is 4. The highest BCUT2D eigenvalue weighted by Crippen LogP contribution is 2.11. The van der Waals surface area contributed by atoms with Gasteiger partial charge in [0.25, 0.3) is 0 Å². The zero-order valence-electron chi connectivity index (χ0n) is 15.7. The first-order chi connectivity index (χ1) is 14.2. The highest BCUT2D eigenvalue weighted by Gasteiger charge is 2.09. The van der Waals surface area contributed by atoms with E-state index in [1.54, 1.807) is 24.3 Å². The minimum absolute atomic E-state index is 0.296. The maximum absolute atomic E-state index is 11.8. The number of rotatable bonds is 2. The molecule has 4 aromatic heterocycles. The second-order valence-electron chi connectivity index (χ2n) is 6.56. The molecule has 136 valence electrons. The van der Waals surface area contributed by atoms with E-state index in [0.29, 0.717) is 50.3 Å². The molecule has 0 spiro atoms. The first-order valence-corrected chi connectivity index (χ1v) is 8.77. The summed E-state index contributed by atoms with van der Waals surface area (Å²) in [6, 6.07) is 14.8. The van der Waals surface area contributed by atoms with Crippen LogP contribution >= 0.6 is 0 Å². The average molecular weight is 369 g/mol. The average Bonchev–Trinajstić information content (AvgIpc) is 3.50. The van der Waals surface area contributed by atoms with E-state index < -0.39 is 0 Å².